The van der Waals surface area contributed by atoms with Crippen molar-refractivity contribution in [2.75, 3.05) is 0 Å². The van der Waals surface area contributed by atoms with Crippen LogP contribution in [0.3, 0.4) is 0 Å². The molecule has 0 aromatic carbocycles. The molecule has 0 saturated carbocycles. The van der Waals surface area contributed by atoms with Gasteiger partial charge < -0.3 is 0 Å². The molecule has 0 aliphatic rings. The summed E-state index contributed by atoms with van der Waals surface area (Å²) >= 11 is 2.41. The first-order valence-electron chi connectivity index (χ1n) is 4.09. The van der Waals surface area contributed by atoms with E-state index < -0.39 is 0 Å². The summed E-state index contributed by atoms with van der Waals surface area (Å²) in [7, 11) is 0. The first kappa shape index (κ1) is 9.42. The second kappa shape index (κ2) is 3.93. The Bertz CT molecular complexity index is 435. The lowest BCUT2D eigenvalue weighted by Gasteiger charge is -1.93. The van der Waals surface area contributed by atoms with Crippen molar-refractivity contribution in [2.24, 2.45) is 0 Å². The van der Waals surface area contributed by atoms with Gasteiger partial charge in [0.05, 0.1) is 5.69 Å². The maximum atomic E-state index is 11.8. The molecule has 2 heterocycles. The van der Waals surface area contributed by atoms with E-state index in [2.05, 4.69) is 14.0 Å². The molecule has 0 bridgehead atoms. The standard InChI is InChI=1S/C8H7N3OS2/c1-2-5-8(14-11-9-5)7(12)6-3-4-13-10-6/h3-4H,2H2,1H3. The Morgan fingerprint density at radius 3 is 3.07 bits per heavy atom. The number of rotatable bonds is 3. The van der Waals surface area contributed by atoms with Crippen LogP contribution in [-0.4, -0.2) is 19.7 Å². The number of nitrogens with zero attached hydrogens (tertiary/aromatic N) is 3. The summed E-state index contributed by atoms with van der Waals surface area (Å²) in [5, 5.41) is 5.67. The van der Waals surface area contributed by atoms with E-state index >= 15 is 0 Å². The van der Waals surface area contributed by atoms with Gasteiger partial charge in [0.1, 0.15) is 10.6 Å². The van der Waals surface area contributed by atoms with Crippen LogP contribution in [0.25, 0.3) is 0 Å². The van der Waals surface area contributed by atoms with Gasteiger partial charge in [-0.25, -0.2) is 0 Å². The highest BCUT2D eigenvalue weighted by Gasteiger charge is 2.18. The molecule has 0 fully saturated rings. The van der Waals surface area contributed by atoms with Crippen LogP contribution in [0.1, 0.15) is 28.0 Å². The maximum Gasteiger partial charge on any atom is 0.225 e. The summed E-state index contributed by atoms with van der Waals surface area (Å²) in [5.74, 6) is -0.0712. The largest absolute Gasteiger partial charge is 0.286 e. The van der Waals surface area contributed by atoms with E-state index in [4.69, 9.17) is 0 Å². The molecule has 0 amide bonds. The fourth-order valence-corrected chi connectivity index (χ4v) is 2.27. The average molecular weight is 225 g/mol. The Labute approximate surface area is 88.9 Å². The Kier molecular flexibility index (Phi) is 2.64. The summed E-state index contributed by atoms with van der Waals surface area (Å²) in [5.41, 5.74) is 1.24. The highest BCUT2D eigenvalue weighted by molar-refractivity contribution is 7.08. The van der Waals surface area contributed by atoms with Crippen LogP contribution in [0.2, 0.25) is 0 Å². The highest BCUT2D eigenvalue weighted by Crippen LogP contribution is 2.16. The quantitative estimate of drug-likeness (QED) is 0.747. The van der Waals surface area contributed by atoms with E-state index in [1.807, 2.05) is 6.92 Å². The fourth-order valence-electron chi connectivity index (χ4n) is 1.06. The number of carbonyl (C=O) groups excluding carboxylic acids is 1. The van der Waals surface area contributed by atoms with Gasteiger partial charge in [0.15, 0.2) is 0 Å². The molecule has 0 unspecified atom stereocenters. The zero-order chi connectivity index (χ0) is 9.97. The average Bonchev–Trinajstić information content (AvgIpc) is 2.87. The number of aromatic nitrogens is 3. The molecular formula is C8H7N3OS2. The van der Waals surface area contributed by atoms with Gasteiger partial charge in [-0.1, -0.05) is 11.4 Å². The third-order valence-electron chi connectivity index (χ3n) is 1.77. The fraction of sp³-hybridized carbons (Fsp3) is 0.250. The third kappa shape index (κ3) is 1.58. The van der Waals surface area contributed by atoms with E-state index in [9.17, 15) is 4.79 Å². The second-order valence-electron chi connectivity index (χ2n) is 2.62. The molecular weight excluding hydrogens is 218 g/mol. The van der Waals surface area contributed by atoms with Gasteiger partial charge in [0, 0.05) is 5.38 Å². The van der Waals surface area contributed by atoms with Crippen molar-refractivity contribution in [3.8, 4) is 0 Å². The van der Waals surface area contributed by atoms with Crippen molar-refractivity contribution in [2.45, 2.75) is 13.3 Å². The number of ketones is 1. The predicted molar refractivity (Wildman–Crippen MR) is 54.8 cm³/mol. The minimum atomic E-state index is -0.0712. The van der Waals surface area contributed by atoms with Crippen molar-refractivity contribution in [3.05, 3.63) is 27.7 Å². The molecule has 0 spiro atoms. The SMILES string of the molecule is CCc1nnsc1C(=O)c1ccsn1. The van der Waals surface area contributed by atoms with Gasteiger partial charge in [0.2, 0.25) is 5.78 Å². The molecule has 0 saturated heterocycles. The molecule has 6 heteroatoms. The molecule has 0 aliphatic carbocycles. The number of hydrogen-bond donors (Lipinski definition) is 0. The van der Waals surface area contributed by atoms with Crippen LogP contribution in [0.5, 0.6) is 0 Å². The molecule has 0 radical (unpaired) electrons. The van der Waals surface area contributed by atoms with Gasteiger partial charge in [0.25, 0.3) is 0 Å². The molecule has 0 N–H and O–H groups in total. The van der Waals surface area contributed by atoms with Gasteiger partial charge in [-0.15, -0.1) is 5.10 Å². The van der Waals surface area contributed by atoms with Crippen molar-refractivity contribution < 1.29 is 4.79 Å². The summed E-state index contributed by atoms with van der Waals surface area (Å²) in [6, 6.07) is 1.71. The highest BCUT2D eigenvalue weighted by atomic mass is 32.1. The molecule has 2 aromatic rings. The predicted octanol–water partition coefficient (Wildman–Crippen LogP) is 1.79. The number of carbonyl (C=O) groups is 1. The Morgan fingerprint density at radius 2 is 2.43 bits per heavy atom. The zero-order valence-corrected chi connectivity index (χ0v) is 9.06. The van der Waals surface area contributed by atoms with Crippen LogP contribution in [-0.2, 0) is 6.42 Å². The van der Waals surface area contributed by atoms with E-state index in [0.717, 1.165) is 23.6 Å². The zero-order valence-electron chi connectivity index (χ0n) is 7.43. The lowest BCUT2D eigenvalue weighted by Crippen LogP contribution is -2.02. The number of hydrogen-bond acceptors (Lipinski definition) is 6. The van der Waals surface area contributed by atoms with E-state index in [1.54, 1.807) is 11.4 Å². The summed E-state index contributed by atoms with van der Waals surface area (Å²) in [4.78, 5) is 12.4. The first-order chi connectivity index (χ1) is 6.83. The first-order valence-corrected chi connectivity index (χ1v) is 5.70. The molecule has 4 nitrogen and oxygen atoms in total. The lowest BCUT2D eigenvalue weighted by atomic mass is 10.2. The van der Waals surface area contributed by atoms with Crippen LogP contribution in [0, 0.1) is 0 Å². The van der Waals surface area contributed by atoms with Gasteiger partial charge in [-0.05, 0) is 35.6 Å². The van der Waals surface area contributed by atoms with E-state index in [-0.39, 0.29) is 5.78 Å². The minimum Gasteiger partial charge on any atom is -0.286 e. The Morgan fingerprint density at radius 1 is 1.57 bits per heavy atom. The summed E-state index contributed by atoms with van der Waals surface area (Å²) in [6.45, 7) is 1.95. The Hall–Kier alpha value is -1.14. The minimum absolute atomic E-state index is 0.0712. The van der Waals surface area contributed by atoms with E-state index in [0.29, 0.717) is 10.6 Å². The van der Waals surface area contributed by atoms with Crippen molar-refractivity contribution in [3.63, 3.8) is 0 Å². The monoisotopic (exact) mass is 225 g/mol. The number of aryl methyl sites for hydroxylation is 1. The molecule has 2 aromatic heterocycles. The summed E-state index contributed by atoms with van der Waals surface area (Å²) < 4.78 is 7.76. The Balaban J connectivity index is 2.36. The molecule has 72 valence electrons. The molecule has 2 rings (SSSR count). The van der Waals surface area contributed by atoms with Crippen molar-refractivity contribution >= 4 is 28.8 Å². The van der Waals surface area contributed by atoms with E-state index in [1.165, 1.54) is 11.5 Å². The maximum absolute atomic E-state index is 11.8. The molecule has 0 atom stereocenters. The van der Waals surface area contributed by atoms with Crippen LogP contribution >= 0.6 is 23.1 Å². The van der Waals surface area contributed by atoms with Crippen molar-refractivity contribution in [1.82, 2.24) is 14.0 Å². The third-order valence-corrected chi connectivity index (χ3v) is 3.09. The van der Waals surface area contributed by atoms with Crippen molar-refractivity contribution in [1.29, 1.82) is 0 Å². The van der Waals surface area contributed by atoms with Crippen LogP contribution in [0.15, 0.2) is 11.4 Å². The normalized spacial score (nSPS) is 10.4. The smallest absolute Gasteiger partial charge is 0.225 e. The van der Waals surface area contributed by atoms with Gasteiger partial charge in [-0.3, -0.25) is 4.79 Å². The van der Waals surface area contributed by atoms with Crippen LogP contribution in [0.4, 0.5) is 0 Å². The van der Waals surface area contributed by atoms with Gasteiger partial charge in [-0.2, -0.15) is 4.37 Å². The molecule has 0 aliphatic heterocycles. The topological polar surface area (TPSA) is 55.7 Å². The summed E-state index contributed by atoms with van der Waals surface area (Å²) in [6.07, 6.45) is 0.724. The lowest BCUT2D eigenvalue weighted by molar-refractivity contribution is 0.103. The van der Waals surface area contributed by atoms with Crippen LogP contribution < -0.4 is 0 Å². The molecule has 14 heavy (non-hydrogen) atoms. The van der Waals surface area contributed by atoms with Gasteiger partial charge >= 0.3 is 0 Å². The second-order valence-corrected chi connectivity index (χ2v) is 4.04.